The minimum atomic E-state index is -3.38. The lowest BCUT2D eigenvalue weighted by Crippen LogP contribution is -2.40. The quantitative estimate of drug-likeness (QED) is 0.670. The van der Waals surface area contributed by atoms with Gasteiger partial charge in [-0.15, -0.1) is 22.7 Å². The zero-order chi connectivity index (χ0) is 19.7. The lowest BCUT2D eigenvalue weighted by molar-refractivity contribution is -0.132. The van der Waals surface area contributed by atoms with E-state index in [1.165, 1.54) is 21.8 Å². The Hall–Kier alpha value is -2.23. The van der Waals surface area contributed by atoms with Crippen molar-refractivity contribution in [3.05, 3.63) is 68.9 Å². The van der Waals surface area contributed by atoms with E-state index in [4.69, 9.17) is 0 Å². The van der Waals surface area contributed by atoms with Crippen molar-refractivity contribution >= 4 is 43.7 Å². The molecule has 146 valence electrons. The van der Waals surface area contributed by atoms with Gasteiger partial charge < -0.3 is 4.90 Å². The maximum Gasteiger partial charge on any atom is 0.231 e. The van der Waals surface area contributed by atoms with E-state index in [1.807, 2.05) is 23.1 Å². The molecule has 0 saturated carbocycles. The number of fused-ring (bicyclic) bond motifs is 1. The molecule has 3 aromatic rings. The molecular weight excluding hydrogens is 414 g/mol. The van der Waals surface area contributed by atoms with Crippen molar-refractivity contribution in [2.45, 2.75) is 18.9 Å². The standard InChI is InChI=1S/C19H19N3O3S3/c1-28(24,25)21-19-20-14(12-27-19)11-17(23)22-9-7-16-15(8-10-26-16)18(22)13-5-3-2-4-6-13/h2-6,8,10,12,18H,7,9,11H2,1H3,(H,20,21)/t18-/m1/s1. The number of carbonyl (C=O) groups is 1. The molecule has 1 aromatic carbocycles. The SMILES string of the molecule is CS(=O)(=O)Nc1nc(CC(=O)N2CCc3sccc3[C@H]2c2ccccc2)cs1. The smallest absolute Gasteiger partial charge is 0.231 e. The summed E-state index contributed by atoms with van der Waals surface area (Å²) in [6.07, 6.45) is 2.07. The maximum atomic E-state index is 13.1. The van der Waals surface area contributed by atoms with E-state index in [9.17, 15) is 13.2 Å². The van der Waals surface area contributed by atoms with Gasteiger partial charge in [0.1, 0.15) is 0 Å². The van der Waals surface area contributed by atoms with E-state index in [2.05, 4.69) is 33.3 Å². The van der Waals surface area contributed by atoms with Gasteiger partial charge >= 0.3 is 0 Å². The largest absolute Gasteiger partial charge is 0.331 e. The third kappa shape index (κ3) is 4.11. The number of benzene rings is 1. The summed E-state index contributed by atoms with van der Waals surface area (Å²) in [7, 11) is -3.38. The maximum absolute atomic E-state index is 13.1. The van der Waals surface area contributed by atoms with Crippen LogP contribution in [-0.2, 0) is 27.7 Å². The van der Waals surface area contributed by atoms with Gasteiger partial charge in [0, 0.05) is 16.8 Å². The molecule has 0 saturated heterocycles. The third-order valence-electron chi connectivity index (χ3n) is 4.56. The molecule has 1 aliphatic rings. The van der Waals surface area contributed by atoms with Crippen LogP contribution in [0.4, 0.5) is 5.13 Å². The van der Waals surface area contributed by atoms with Crippen LogP contribution in [0.15, 0.2) is 47.2 Å². The molecular formula is C19H19N3O3S3. The first kappa shape index (κ1) is 19.1. The summed E-state index contributed by atoms with van der Waals surface area (Å²) in [4.78, 5) is 20.6. The monoisotopic (exact) mass is 433 g/mol. The number of thiazole rings is 1. The number of nitrogens with one attached hydrogen (secondary N) is 1. The number of amides is 1. The molecule has 1 amide bonds. The van der Waals surface area contributed by atoms with Crippen molar-refractivity contribution < 1.29 is 13.2 Å². The first-order valence-corrected chi connectivity index (χ1v) is 12.4. The van der Waals surface area contributed by atoms with Gasteiger partial charge in [0.25, 0.3) is 0 Å². The van der Waals surface area contributed by atoms with Crippen LogP contribution in [0.25, 0.3) is 0 Å². The van der Waals surface area contributed by atoms with Crippen LogP contribution in [0.1, 0.15) is 27.7 Å². The molecule has 3 heterocycles. The Labute approximate surface area is 171 Å². The van der Waals surface area contributed by atoms with Crippen LogP contribution in [0.5, 0.6) is 0 Å². The summed E-state index contributed by atoms with van der Waals surface area (Å²) < 4.78 is 25.1. The van der Waals surface area contributed by atoms with E-state index in [1.54, 1.807) is 16.7 Å². The zero-order valence-electron chi connectivity index (χ0n) is 15.2. The number of aromatic nitrogens is 1. The number of nitrogens with zero attached hydrogens (tertiary/aromatic N) is 2. The van der Waals surface area contributed by atoms with Crippen molar-refractivity contribution in [1.29, 1.82) is 0 Å². The average Bonchev–Trinajstić information content (AvgIpc) is 3.29. The van der Waals surface area contributed by atoms with Crippen LogP contribution in [0.3, 0.4) is 0 Å². The van der Waals surface area contributed by atoms with Gasteiger partial charge in [0.15, 0.2) is 5.13 Å². The number of sulfonamides is 1. The molecule has 0 unspecified atom stereocenters. The van der Waals surface area contributed by atoms with Gasteiger partial charge in [0.05, 0.1) is 24.4 Å². The summed E-state index contributed by atoms with van der Waals surface area (Å²) >= 11 is 2.92. The summed E-state index contributed by atoms with van der Waals surface area (Å²) in [6.45, 7) is 0.657. The molecule has 1 aliphatic heterocycles. The van der Waals surface area contributed by atoms with Gasteiger partial charge in [-0.1, -0.05) is 30.3 Å². The second-order valence-corrected chi connectivity index (χ2v) is 10.3. The van der Waals surface area contributed by atoms with E-state index < -0.39 is 10.0 Å². The summed E-state index contributed by atoms with van der Waals surface area (Å²) in [6, 6.07) is 12.1. The number of thiophene rings is 1. The molecule has 28 heavy (non-hydrogen) atoms. The lowest BCUT2D eigenvalue weighted by atomic mass is 9.93. The van der Waals surface area contributed by atoms with Crippen molar-refractivity contribution in [3.8, 4) is 0 Å². The van der Waals surface area contributed by atoms with Crippen molar-refractivity contribution in [2.24, 2.45) is 0 Å². The fourth-order valence-corrected chi connectivity index (χ4v) is 5.90. The fourth-order valence-electron chi connectivity index (χ4n) is 3.43. The highest BCUT2D eigenvalue weighted by Gasteiger charge is 2.32. The molecule has 0 fully saturated rings. The minimum absolute atomic E-state index is 0.0121. The highest BCUT2D eigenvalue weighted by Crippen LogP contribution is 2.38. The van der Waals surface area contributed by atoms with Crippen LogP contribution in [0, 0.1) is 0 Å². The Balaban J connectivity index is 1.58. The van der Waals surface area contributed by atoms with Crippen LogP contribution >= 0.6 is 22.7 Å². The average molecular weight is 434 g/mol. The Kier molecular flexibility index (Phi) is 5.22. The number of rotatable bonds is 5. The molecule has 0 spiro atoms. The second kappa shape index (κ2) is 7.65. The van der Waals surface area contributed by atoms with Gasteiger partial charge in [-0.3, -0.25) is 9.52 Å². The first-order valence-electron chi connectivity index (χ1n) is 8.73. The van der Waals surface area contributed by atoms with Gasteiger partial charge in [-0.05, 0) is 29.0 Å². The normalized spacial score (nSPS) is 16.6. The first-order chi connectivity index (χ1) is 13.4. The Bertz CT molecular complexity index is 1090. The lowest BCUT2D eigenvalue weighted by Gasteiger charge is -2.36. The Morgan fingerprint density at radius 2 is 2.04 bits per heavy atom. The Morgan fingerprint density at radius 1 is 1.25 bits per heavy atom. The van der Waals surface area contributed by atoms with E-state index in [-0.39, 0.29) is 23.5 Å². The van der Waals surface area contributed by atoms with E-state index in [0.717, 1.165) is 18.2 Å². The third-order valence-corrected chi connectivity index (χ3v) is 7.05. The topological polar surface area (TPSA) is 79.4 Å². The molecule has 1 N–H and O–H groups in total. The number of carbonyl (C=O) groups excluding carboxylic acids is 1. The fraction of sp³-hybridized carbons (Fsp3) is 0.263. The van der Waals surface area contributed by atoms with E-state index >= 15 is 0 Å². The van der Waals surface area contributed by atoms with Gasteiger partial charge in [-0.25, -0.2) is 13.4 Å². The predicted octanol–water partition coefficient (Wildman–Crippen LogP) is 3.29. The summed E-state index contributed by atoms with van der Waals surface area (Å²) in [5, 5.41) is 4.09. The predicted molar refractivity (Wildman–Crippen MR) is 112 cm³/mol. The zero-order valence-corrected chi connectivity index (χ0v) is 17.6. The second-order valence-electron chi connectivity index (χ2n) is 6.64. The summed E-state index contributed by atoms with van der Waals surface area (Å²) in [5.41, 5.74) is 2.85. The minimum Gasteiger partial charge on any atom is -0.331 e. The van der Waals surface area contributed by atoms with Gasteiger partial charge in [-0.2, -0.15) is 0 Å². The molecule has 4 rings (SSSR count). The number of hydrogen-bond acceptors (Lipinski definition) is 6. The molecule has 0 radical (unpaired) electrons. The highest BCUT2D eigenvalue weighted by atomic mass is 32.2. The molecule has 0 aliphatic carbocycles. The summed E-state index contributed by atoms with van der Waals surface area (Å²) in [5.74, 6) is -0.0121. The number of hydrogen-bond donors (Lipinski definition) is 1. The number of anilines is 1. The molecule has 6 nitrogen and oxygen atoms in total. The van der Waals surface area contributed by atoms with Crippen LogP contribution < -0.4 is 4.72 Å². The molecule has 0 bridgehead atoms. The molecule has 1 atom stereocenters. The van der Waals surface area contributed by atoms with Crippen LogP contribution in [-0.4, -0.2) is 37.0 Å². The molecule has 2 aromatic heterocycles. The van der Waals surface area contributed by atoms with Crippen molar-refractivity contribution in [3.63, 3.8) is 0 Å². The van der Waals surface area contributed by atoms with Crippen molar-refractivity contribution in [2.75, 3.05) is 17.5 Å². The van der Waals surface area contributed by atoms with Gasteiger partial charge in [0.2, 0.25) is 15.9 Å². The Morgan fingerprint density at radius 3 is 2.79 bits per heavy atom. The van der Waals surface area contributed by atoms with E-state index in [0.29, 0.717) is 12.2 Å². The van der Waals surface area contributed by atoms with Crippen molar-refractivity contribution in [1.82, 2.24) is 9.88 Å². The van der Waals surface area contributed by atoms with Crippen LogP contribution in [0.2, 0.25) is 0 Å². The highest BCUT2D eigenvalue weighted by molar-refractivity contribution is 7.92. The molecule has 9 heteroatoms.